The molecule has 9 nitrogen and oxygen atoms in total. The van der Waals surface area contributed by atoms with Crippen molar-refractivity contribution in [3.05, 3.63) is 126 Å². The second kappa shape index (κ2) is 14.3. The molecular formula is C35H41N7O2. The zero-order chi connectivity index (χ0) is 30.9. The van der Waals surface area contributed by atoms with E-state index >= 15 is 0 Å². The van der Waals surface area contributed by atoms with Crippen LogP contribution < -0.4 is 16.0 Å². The average Bonchev–Trinajstić information content (AvgIpc) is 3.05. The Morgan fingerprint density at radius 1 is 1.02 bits per heavy atom. The van der Waals surface area contributed by atoms with Crippen molar-refractivity contribution in [1.29, 1.82) is 0 Å². The largest absolute Gasteiger partial charge is 0.357 e. The van der Waals surface area contributed by atoms with Crippen molar-refractivity contribution in [2.45, 2.75) is 19.3 Å². The molecule has 0 saturated carbocycles. The first kappa shape index (κ1) is 30.9. The summed E-state index contributed by atoms with van der Waals surface area (Å²) in [5, 5.41) is 10.2. The molecule has 3 N–H and O–H groups in total. The fourth-order valence-corrected chi connectivity index (χ4v) is 5.26. The maximum absolute atomic E-state index is 13.4. The van der Waals surface area contributed by atoms with Crippen LogP contribution in [0.15, 0.2) is 104 Å². The molecule has 2 aromatic carbocycles. The number of piperazine rings is 1. The van der Waals surface area contributed by atoms with E-state index in [1.54, 1.807) is 30.5 Å². The number of rotatable bonds is 10. The van der Waals surface area contributed by atoms with Gasteiger partial charge in [-0.3, -0.25) is 24.8 Å². The second-order valence-corrected chi connectivity index (χ2v) is 11.4. The Balaban J connectivity index is 1.22. The number of benzene rings is 2. The number of aromatic nitrogens is 1. The minimum absolute atomic E-state index is 0.0130. The number of nitrogens with zero attached hydrogens (tertiary/aromatic N) is 4. The number of likely N-dealkylation sites (N-methyl/N-ethyl adjacent to an activating group) is 1. The first-order chi connectivity index (χ1) is 21.3. The molecule has 0 radical (unpaired) electrons. The van der Waals surface area contributed by atoms with Gasteiger partial charge in [-0.1, -0.05) is 48.0 Å². The van der Waals surface area contributed by atoms with Crippen LogP contribution >= 0.6 is 0 Å². The lowest BCUT2D eigenvalue weighted by atomic mass is 10.0. The Morgan fingerprint density at radius 3 is 2.41 bits per heavy atom. The third-order valence-electron chi connectivity index (χ3n) is 7.83. The second-order valence-electron chi connectivity index (χ2n) is 11.4. The molecule has 1 fully saturated rings. The maximum Gasteiger partial charge on any atom is 0.253 e. The number of nitrogens with one attached hydrogen (secondary N) is 3. The molecule has 228 valence electrons. The monoisotopic (exact) mass is 591 g/mol. The predicted molar refractivity (Wildman–Crippen MR) is 175 cm³/mol. The zero-order valence-corrected chi connectivity index (χ0v) is 25.7. The number of carbonyl (C=O) groups excluding carboxylic acids is 2. The van der Waals surface area contributed by atoms with Crippen LogP contribution in [0.2, 0.25) is 0 Å². The third kappa shape index (κ3) is 7.87. The molecule has 0 bridgehead atoms. The number of dihydropyridines is 1. The normalized spacial score (nSPS) is 18.7. The number of hydrogen-bond acceptors (Lipinski definition) is 7. The van der Waals surface area contributed by atoms with Gasteiger partial charge in [0.2, 0.25) is 5.91 Å². The van der Waals surface area contributed by atoms with Crippen molar-refractivity contribution in [2.24, 2.45) is 0 Å². The molecule has 2 aliphatic rings. The summed E-state index contributed by atoms with van der Waals surface area (Å²) in [4.78, 5) is 36.0. The summed E-state index contributed by atoms with van der Waals surface area (Å²) in [6.07, 6.45) is 13.3. The summed E-state index contributed by atoms with van der Waals surface area (Å²) < 4.78 is 0. The molecule has 9 heteroatoms. The number of anilines is 1. The average molecular weight is 592 g/mol. The first-order valence-electron chi connectivity index (χ1n) is 15.0. The van der Waals surface area contributed by atoms with Gasteiger partial charge in [-0.25, -0.2) is 0 Å². The Bertz CT molecular complexity index is 1510. The molecule has 3 heterocycles. The standard InChI is InChI=1S/C35H41N7O2/c1-27-8-10-28(11-9-27)24-37-35(17-16-31(26-38-35)30-6-4-18-36-25-30)42-22-20-41(21-23-42)34(44)29-12-14-32(15-13-29)39-33(43)7-5-19-40(2)3/h4-18,25-26,37-38H,19-24H2,1-3H3,(H,39,43)/b7-5+. The van der Waals surface area contributed by atoms with Crippen LogP contribution in [0.5, 0.6) is 0 Å². The van der Waals surface area contributed by atoms with Crippen LogP contribution in [0.1, 0.15) is 27.0 Å². The van der Waals surface area contributed by atoms with E-state index in [2.05, 4.69) is 69.2 Å². The Hall–Kier alpha value is -4.57. The molecule has 1 saturated heterocycles. The van der Waals surface area contributed by atoms with E-state index in [0.29, 0.717) is 50.5 Å². The molecule has 5 rings (SSSR count). The lowest BCUT2D eigenvalue weighted by Crippen LogP contribution is -2.69. The fourth-order valence-electron chi connectivity index (χ4n) is 5.26. The minimum atomic E-state index is -0.605. The van der Waals surface area contributed by atoms with Crippen LogP contribution in [0.25, 0.3) is 5.57 Å². The van der Waals surface area contributed by atoms with E-state index in [-0.39, 0.29) is 11.8 Å². The number of pyridine rings is 1. The highest BCUT2D eigenvalue weighted by atomic mass is 16.2. The van der Waals surface area contributed by atoms with Crippen LogP contribution in [0.4, 0.5) is 5.69 Å². The first-order valence-corrected chi connectivity index (χ1v) is 15.0. The summed E-state index contributed by atoms with van der Waals surface area (Å²) in [7, 11) is 3.89. The zero-order valence-electron chi connectivity index (χ0n) is 25.7. The fraction of sp³-hybridized carbons (Fsp3) is 0.286. The van der Waals surface area contributed by atoms with Gasteiger partial charge in [0.25, 0.3) is 5.91 Å². The SMILES string of the molecule is Cc1ccc(CNC2(N3CCN(C(=O)c4ccc(NC(=O)/C=C/CN(C)C)cc4)CC3)C=CC(c3cccnc3)=CN2)cc1. The maximum atomic E-state index is 13.4. The highest BCUT2D eigenvalue weighted by Gasteiger charge is 2.37. The van der Waals surface area contributed by atoms with Crippen molar-refractivity contribution in [3.8, 4) is 0 Å². The van der Waals surface area contributed by atoms with Crippen molar-refractivity contribution in [2.75, 3.05) is 52.1 Å². The number of hydrogen-bond donors (Lipinski definition) is 3. The summed E-state index contributed by atoms with van der Waals surface area (Å²) in [5.74, 6) is -0.812. The molecular weight excluding hydrogens is 550 g/mol. The van der Waals surface area contributed by atoms with Crippen LogP contribution in [-0.4, -0.2) is 84.1 Å². The summed E-state index contributed by atoms with van der Waals surface area (Å²) in [5.41, 5.74) is 5.79. The van der Waals surface area contributed by atoms with E-state index in [4.69, 9.17) is 0 Å². The quantitative estimate of drug-likeness (QED) is 0.309. The van der Waals surface area contributed by atoms with E-state index in [1.807, 2.05) is 54.5 Å². The number of allylic oxidation sites excluding steroid dienone is 2. The third-order valence-corrected chi connectivity index (χ3v) is 7.83. The van der Waals surface area contributed by atoms with Gasteiger partial charge < -0.3 is 20.4 Å². The molecule has 2 amide bonds. The lowest BCUT2D eigenvalue weighted by Gasteiger charge is -2.48. The van der Waals surface area contributed by atoms with Crippen molar-refractivity contribution in [1.82, 2.24) is 30.3 Å². The molecule has 1 unspecified atom stereocenters. The van der Waals surface area contributed by atoms with Crippen molar-refractivity contribution in [3.63, 3.8) is 0 Å². The van der Waals surface area contributed by atoms with Gasteiger partial charge >= 0.3 is 0 Å². The number of carbonyl (C=O) groups is 2. The Morgan fingerprint density at radius 2 is 1.77 bits per heavy atom. The van der Waals surface area contributed by atoms with Crippen molar-refractivity contribution < 1.29 is 9.59 Å². The van der Waals surface area contributed by atoms with Crippen LogP contribution in [-0.2, 0) is 11.3 Å². The predicted octanol–water partition coefficient (Wildman–Crippen LogP) is 3.85. The van der Waals surface area contributed by atoms with Crippen LogP contribution in [0, 0.1) is 6.92 Å². The molecule has 0 spiro atoms. The van der Waals surface area contributed by atoms with Gasteiger partial charge in [0, 0.05) is 80.8 Å². The van der Waals surface area contributed by atoms with E-state index < -0.39 is 5.79 Å². The highest BCUT2D eigenvalue weighted by Crippen LogP contribution is 2.25. The molecule has 3 aromatic rings. The topological polar surface area (TPSA) is 92.8 Å². The molecule has 0 aliphatic carbocycles. The van der Waals surface area contributed by atoms with Gasteiger partial charge in [-0.05, 0) is 68.6 Å². The van der Waals surface area contributed by atoms with Gasteiger partial charge in [0.15, 0.2) is 5.79 Å². The Labute approximate surface area is 260 Å². The lowest BCUT2D eigenvalue weighted by molar-refractivity contribution is -0.111. The molecule has 44 heavy (non-hydrogen) atoms. The Kier molecular flexibility index (Phi) is 10.0. The van der Waals surface area contributed by atoms with Gasteiger partial charge in [0.05, 0.1) is 0 Å². The highest BCUT2D eigenvalue weighted by molar-refractivity contribution is 6.00. The van der Waals surface area contributed by atoms with Gasteiger partial charge in [-0.2, -0.15) is 0 Å². The summed E-state index contributed by atoms with van der Waals surface area (Å²) >= 11 is 0. The molecule has 1 atom stereocenters. The van der Waals surface area contributed by atoms with Gasteiger partial charge in [-0.15, -0.1) is 0 Å². The number of aryl methyl sites for hydroxylation is 1. The minimum Gasteiger partial charge on any atom is -0.357 e. The van der Waals surface area contributed by atoms with E-state index in [1.165, 1.54) is 17.2 Å². The van der Waals surface area contributed by atoms with Crippen molar-refractivity contribution >= 4 is 23.1 Å². The molecule has 1 aromatic heterocycles. The number of amides is 2. The van der Waals surface area contributed by atoms with Gasteiger partial charge in [0.1, 0.15) is 0 Å². The smallest absolute Gasteiger partial charge is 0.253 e. The van der Waals surface area contributed by atoms with Crippen LogP contribution in [0.3, 0.4) is 0 Å². The van der Waals surface area contributed by atoms with E-state index in [0.717, 1.165) is 11.1 Å². The molecule has 2 aliphatic heterocycles. The summed E-state index contributed by atoms with van der Waals surface area (Å²) in [6, 6.07) is 19.6. The van der Waals surface area contributed by atoms with E-state index in [9.17, 15) is 9.59 Å². The summed E-state index contributed by atoms with van der Waals surface area (Å²) in [6.45, 7) is 6.02.